The summed E-state index contributed by atoms with van der Waals surface area (Å²) in [5, 5.41) is -0.166. The topological polar surface area (TPSA) is 49.9 Å². The molecule has 102 valence electrons. The van der Waals surface area contributed by atoms with E-state index in [1.807, 2.05) is 25.7 Å². The molecule has 0 aliphatic carbocycles. The van der Waals surface area contributed by atoms with Gasteiger partial charge in [0.25, 0.3) is 0 Å². The molecule has 2 fully saturated rings. The van der Waals surface area contributed by atoms with Crippen molar-refractivity contribution in [1.29, 1.82) is 0 Å². The summed E-state index contributed by atoms with van der Waals surface area (Å²) < 4.78 is 5.27. The number of hydrogen-bond acceptors (Lipinski definition) is 4. The van der Waals surface area contributed by atoms with Gasteiger partial charge in [-0.3, -0.25) is 4.79 Å². The largest absolute Gasteiger partial charge is 0.444 e. The van der Waals surface area contributed by atoms with Gasteiger partial charge in [0.05, 0.1) is 11.3 Å². The zero-order valence-electron chi connectivity index (χ0n) is 11.0. The zero-order chi connectivity index (χ0) is 13.5. The fourth-order valence-electron chi connectivity index (χ4n) is 2.18. The summed E-state index contributed by atoms with van der Waals surface area (Å²) in [6.07, 6.45) is 0.498. The van der Waals surface area contributed by atoms with Crippen LogP contribution in [0.1, 0.15) is 27.2 Å². The van der Waals surface area contributed by atoms with Gasteiger partial charge in [0.1, 0.15) is 5.60 Å². The van der Waals surface area contributed by atoms with Gasteiger partial charge in [0, 0.05) is 19.6 Å². The van der Waals surface area contributed by atoms with E-state index in [0.717, 1.165) is 13.0 Å². The normalized spacial score (nSPS) is 25.3. The highest BCUT2D eigenvalue weighted by Gasteiger charge is 2.42. The predicted molar refractivity (Wildman–Crippen MR) is 70.7 cm³/mol. The average molecular weight is 272 g/mol. The van der Waals surface area contributed by atoms with Crippen molar-refractivity contribution in [1.82, 2.24) is 9.80 Å². The number of carbonyl (C=O) groups excluding carboxylic acids is 2. The lowest BCUT2D eigenvalue weighted by Gasteiger charge is -2.44. The number of ether oxygens (including phenoxy) is 1. The summed E-state index contributed by atoms with van der Waals surface area (Å²) in [5.74, 6) is 0.0900. The van der Waals surface area contributed by atoms with Crippen molar-refractivity contribution in [2.75, 3.05) is 19.6 Å². The minimum absolute atomic E-state index is 0.0900. The van der Waals surface area contributed by atoms with Crippen molar-refractivity contribution >= 4 is 24.6 Å². The molecule has 0 aromatic carbocycles. The summed E-state index contributed by atoms with van der Waals surface area (Å²) in [6.45, 7) is 7.43. The summed E-state index contributed by atoms with van der Waals surface area (Å²) in [4.78, 5) is 27.0. The van der Waals surface area contributed by atoms with E-state index in [4.69, 9.17) is 4.74 Å². The molecule has 2 heterocycles. The van der Waals surface area contributed by atoms with Gasteiger partial charge in [0.2, 0.25) is 5.91 Å². The molecule has 2 saturated heterocycles. The van der Waals surface area contributed by atoms with Crippen LogP contribution in [-0.4, -0.2) is 58.3 Å². The highest BCUT2D eigenvalue weighted by Crippen LogP contribution is 2.25. The van der Waals surface area contributed by atoms with Crippen LogP contribution in [0.5, 0.6) is 0 Å². The molecular weight excluding hydrogens is 252 g/mol. The molecule has 0 radical (unpaired) electrons. The van der Waals surface area contributed by atoms with Crippen LogP contribution < -0.4 is 0 Å². The first-order valence-corrected chi connectivity index (χ1v) is 6.76. The molecule has 0 unspecified atom stereocenters. The number of thiol groups is 1. The van der Waals surface area contributed by atoms with Gasteiger partial charge in [0.15, 0.2) is 0 Å². The Morgan fingerprint density at radius 3 is 2.44 bits per heavy atom. The molecule has 1 atom stereocenters. The van der Waals surface area contributed by atoms with Gasteiger partial charge in [-0.15, -0.1) is 0 Å². The fourth-order valence-corrected chi connectivity index (χ4v) is 2.44. The van der Waals surface area contributed by atoms with E-state index in [2.05, 4.69) is 12.6 Å². The first-order chi connectivity index (χ1) is 8.28. The van der Waals surface area contributed by atoms with Crippen molar-refractivity contribution in [3.8, 4) is 0 Å². The molecule has 0 saturated carbocycles. The van der Waals surface area contributed by atoms with Crippen LogP contribution in [0.4, 0.5) is 4.79 Å². The van der Waals surface area contributed by atoms with Gasteiger partial charge >= 0.3 is 6.09 Å². The zero-order valence-corrected chi connectivity index (χ0v) is 11.9. The van der Waals surface area contributed by atoms with Crippen molar-refractivity contribution in [3.05, 3.63) is 0 Å². The number of amides is 2. The maximum absolute atomic E-state index is 11.8. The van der Waals surface area contributed by atoms with E-state index in [9.17, 15) is 9.59 Å². The van der Waals surface area contributed by atoms with Gasteiger partial charge < -0.3 is 14.5 Å². The monoisotopic (exact) mass is 272 g/mol. The summed E-state index contributed by atoms with van der Waals surface area (Å²) in [7, 11) is 0. The highest BCUT2D eigenvalue weighted by molar-refractivity contribution is 7.81. The second-order valence-electron chi connectivity index (χ2n) is 5.88. The maximum atomic E-state index is 11.8. The lowest BCUT2D eigenvalue weighted by molar-refractivity contribution is -0.132. The number of carbonyl (C=O) groups is 2. The Morgan fingerprint density at radius 1 is 1.39 bits per heavy atom. The van der Waals surface area contributed by atoms with E-state index < -0.39 is 5.60 Å². The summed E-state index contributed by atoms with van der Waals surface area (Å²) in [6, 6.07) is 0.141. The Balaban J connectivity index is 1.81. The molecule has 0 aromatic rings. The number of hydrogen-bond donors (Lipinski definition) is 1. The van der Waals surface area contributed by atoms with Crippen molar-refractivity contribution in [2.45, 2.75) is 44.1 Å². The Labute approximate surface area is 113 Å². The van der Waals surface area contributed by atoms with Crippen LogP contribution in [0, 0.1) is 0 Å². The molecule has 5 nitrogen and oxygen atoms in total. The van der Waals surface area contributed by atoms with Crippen LogP contribution >= 0.6 is 12.6 Å². The van der Waals surface area contributed by atoms with Gasteiger partial charge in [-0.05, 0) is 27.2 Å². The minimum atomic E-state index is -0.470. The smallest absolute Gasteiger partial charge is 0.410 e. The second-order valence-corrected chi connectivity index (χ2v) is 6.50. The third-order valence-corrected chi connectivity index (χ3v) is 3.65. The summed E-state index contributed by atoms with van der Waals surface area (Å²) >= 11 is 4.23. The standard InChI is InChI=1S/C12H20N2O3S/c1-12(2,3)17-11(16)13-6-8(7-13)14-5-4-9(18)10(14)15/h8-9,18H,4-7H2,1-3H3/t9-/m0/s1. The van der Waals surface area contributed by atoms with Crippen LogP contribution in [-0.2, 0) is 9.53 Å². The third-order valence-electron chi connectivity index (χ3n) is 3.17. The number of rotatable bonds is 1. The van der Waals surface area contributed by atoms with Crippen molar-refractivity contribution < 1.29 is 14.3 Å². The highest BCUT2D eigenvalue weighted by atomic mass is 32.1. The molecule has 18 heavy (non-hydrogen) atoms. The molecule has 0 bridgehead atoms. The molecule has 2 rings (SSSR count). The van der Waals surface area contributed by atoms with Gasteiger partial charge in [-0.25, -0.2) is 4.79 Å². The lowest BCUT2D eigenvalue weighted by Crippen LogP contribution is -2.62. The van der Waals surface area contributed by atoms with E-state index >= 15 is 0 Å². The Kier molecular flexibility index (Phi) is 3.49. The van der Waals surface area contributed by atoms with Crippen LogP contribution in [0.15, 0.2) is 0 Å². The SMILES string of the molecule is CC(C)(C)OC(=O)N1CC(N2CC[C@H](S)C2=O)C1. The molecule has 2 aliphatic rings. The van der Waals surface area contributed by atoms with Gasteiger partial charge in [-0.1, -0.05) is 0 Å². The quantitative estimate of drug-likeness (QED) is 0.728. The minimum Gasteiger partial charge on any atom is -0.444 e. The van der Waals surface area contributed by atoms with E-state index in [-0.39, 0.29) is 23.3 Å². The van der Waals surface area contributed by atoms with E-state index in [1.54, 1.807) is 4.90 Å². The first-order valence-electron chi connectivity index (χ1n) is 6.24. The first kappa shape index (κ1) is 13.5. The van der Waals surface area contributed by atoms with Crippen molar-refractivity contribution in [3.63, 3.8) is 0 Å². The van der Waals surface area contributed by atoms with Crippen molar-refractivity contribution in [2.24, 2.45) is 0 Å². The Morgan fingerprint density at radius 2 is 2.00 bits per heavy atom. The maximum Gasteiger partial charge on any atom is 0.410 e. The molecule has 2 amide bonds. The number of likely N-dealkylation sites (tertiary alicyclic amines) is 2. The predicted octanol–water partition coefficient (Wildman–Crippen LogP) is 1.14. The number of nitrogens with zero attached hydrogens (tertiary/aromatic N) is 2. The van der Waals surface area contributed by atoms with Gasteiger partial charge in [-0.2, -0.15) is 12.6 Å². The van der Waals surface area contributed by atoms with Crippen LogP contribution in [0.2, 0.25) is 0 Å². The van der Waals surface area contributed by atoms with E-state index in [0.29, 0.717) is 13.1 Å². The van der Waals surface area contributed by atoms with Crippen LogP contribution in [0.25, 0.3) is 0 Å². The average Bonchev–Trinajstić information content (AvgIpc) is 2.44. The van der Waals surface area contributed by atoms with Crippen LogP contribution in [0.3, 0.4) is 0 Å². The molecular formula is C12H20N2O3S. The summed E-state index contributed by atoms with van der Waals surface area (Å²) in [5.41, 5.74) is -0.470. The molecule has 6 heteroatoms. The molecule has 0 N–H and O–H groups in total. The molecule has 0 spiro atoms. The van der Waals surface area contributed by atoms with E-state index in [1.165, 1.54) is 0 Å². The Bertz CT molecular complexity index is 361. The third kappa shape index (κ3) is 2.74. The fraction of sp³-hybridized carbons (Fsp3) is 0.833. The Hall–Kier alpha value is -0.910. The molecule has 2 aliphatic heterocycles. The lowest BCUT2D eigenvalue weighted by atomic mass is 10.1. The molecule has 0 aromatic heterocycles. The second kappa shape index (κ2) is 4.64.